The highest BCUT2D eigenvalue weighted by Gasteiger charge is 2.13. The molecule has 0 aliphatic heterocycles. The average molecular weight is 283 g/mol. The van der Waals surface area contributed by atoms with Crippen LogP contribution in [0.25, 0.3) is 10.8 Å². The first-order valence-electron chi connectivity index (χ1n) is 5.75. The Labute approximate surface area is 115 Å². The number of thiophene rings is 1. The van der Waals surface area contributed by atoms with Crippen molar-refractivity contribution in [3.8, 4) is 10.8 Å². The van der Waals surface area contributed by atoms with E-state index in [-0.39, 0.29) is 0 Å². The fraction of sp³-hybridized carbons (Fsp3) is 0.500. The standard InChI is InChI=1S/C12H17N3OS2/c1-8-5-6-17-10(8)11-13-14-12(16-11)18-7-9(2)15(3)4/h5-6,9H,7H2,1-4H3/t9-/m0/s1. The summed E-state index contributed by atoms with van der Waals surface area (Å²) in [6.07, 6.45) is 0. The Morgan fingerprint density at radius 3 is 2.83 bits per heavy atom. The SMILES string of the molecule is Cc1ccsc1-c1nnc(SC[C@H](C)N(C)C)o1. The minimum Gasteiger partial charge on any atom is -0.410 e. The highest BCUT2D eigenvalue weighted by atomic mass is 32.2. The zero-order valence-corrected chi connectivity index (χ0v) is 12.6. The van der Waals surface area contributed by atoms with Gasteiger partial charge in [-0.1, -0.05) is 11.8 Å². The maximum atomic E-state index is 5.67. The Morgan fingerprint density at radius 2 is 2.22 bits per heavy atom. The van der Waals surface area contributed by atoms with E-state index < -0.39 is 0 Å². The van der Waals surface area contributed by atoms with E-state index >= 15 is 0 Å². The summed E-state index contributed by atoms with van der Waals surface area (Å²) in [5.41, 5.74) is 1.18. The van der Waals surface area contributed by atoms with Crippen LogP contribution in [0.4, 0.5) is 0 Å². The lowest BCUT2D eigenvalue weighted by molar-refractivity contribution is 0.339. The number of hydrogen-bond acceptors (Lipinski definition) is 6. The van der Waals surface area contributed by atoms with Crippen LogP contribution in [-0.2, 0) is 0 Å². The van der Waals surface area contributed by atoms with E-state index in [1.807, 2.05) is 5.38 Å². The topological polar surface area (TPSA) is 42.2 Å². The first kappa shape index (κ1) is 13.6. The lowest BCUT2D eigenvalue weighted by atomic mass is 10.3. The van der Waals surface area contributed by atoms with Crippen molar-refractivity contribution in [2.75, 3.05) is 19.8 Å². The molecule has 0 bridgehead atoms. The van der Waals surface area contributed by atoms with E-state index in [1.165, 1.54) is 5.56 Å². The largest absolute Gasteiger partial charge is 0.410 e. The molecule has 0 aromatic carbocycles. The molecule has 2 rings (SSSR count). The predicted octanol–water partition coefficient (Wildman–Crippen LogP) is 3.15. The van der Waals surface area contributed by atoms with Crippen molar-refractivity contribution >= 4 is 23.1 Å². The maximum Gasteiger partial charge on any atom is 0.276 e. The van der Waals surface area contributed by atoms with Crippen molar-refractivity contribution in [1.82, 2.24) is 15.1 Å². The Bertz CT molecular complexity index is 507. The van der Waals surface area contributed by atoms with Crippen molar-refractivity contribution in [3.05, 3.63) is 17.0 Å². The molecule has 0 saturated heterocycles. The van der Waals surface area contributed by atoms with Crippen LogP contribution in [0.5, 0.6) is 0 Å². The Kier molecular flexibility index (Phi) is 4.42. The van der Waals surface area contributed by atoms with Crippen LogP contribution in [0.1, 0.15) is 12.5 Å². The number of hydrogen-bond donors (Lipinski definition) is 0. The molecule has 0 amide bonds. The molecule has 98 valence electrons. The average Bonchev–Trinajstić information content (AvgIpc) is 2.94. The molecule has 0 aliphatic carbocycles. The molecule has 18 heavy (non-hydrogen) atoms. The van der Waals surface area contributed by atoms with Crippen molar-refractivity contribution < 1.29 is 4.42 Å². The molecular weight excluding hydrogens is 266 g/mol. The molecule has 1 atom stereocenters. The molecule has 2 heterocycles. The molecule has 2 aromatic rings. The second-order valence-corrected chi connectivity index (χ2v) is 6.32. The molecule has 0 saturated carbocycles. The highest BCUT2D eigenvalue weighted by molar-refractivity contribution is 7.99. The van der Waals surface area contributed by atoms with Crippen molar-refractivity contribution in [2.45, 2.75) is 25.1 Å². The molecule has 4 nitrogen and oxygen atoms in total. The van der Waals surface area contributed by atoms with E-state index in [4.69, 9.17) is 4.42 Å². The normalized spacial score (nSPS) is 13.2. The summed E-state index contributed by atoms with van der Waals surface area (Å²) in [4.78, 5) is 3.24. The monoisotopic (exact) mass is 283 g/mol. The van der Waals surface area contributed by atoms with Gasteiger partial charge in [-0.05, 0) is 45.0 Å². The van der Waals surface area contributed by atoms with Gasteiger partial charge in [-0.15, -0.1) is 21.5 Å². The molecule has 0 fully saturated rings. The second-order valence-electron chi connectivity index (χ2n) is 4.43. The molecule has 2 aromatic heterocycles. The van der Waals surface area contributed by atoms with Crippen LogP contribution in [0.2, 0.25) is 0 Å². The Balaban J connectivity index is 2.01. The molecular formula is C12H17N3OS2. The van der Waals surface area contributed by atoms with Gasteiger partial charge in [-0.25, -0.2) is 0 Å². The van der Waals surface area contributed by atoms with Crippen molar-refractivity contribution in [1.29, 1.82) is 0 Å². The van der Waals surface area contributed by atoms with Gasteiger partial charge in [0.15, 0.2) is 0 Å². The molecule has 0 aliphatic rings. The number of rotatable bonds is 5. The zero-order valence-electron chi connectivity index (χ0n) is 11.0. The molecule has 0 N–H and O–H groups in total. The summed E-state index contributed by atoms with van der Waals surface area (Å²) in [6, 6.07) is 2.54. The van der Waals surface area contributed by atoms with Gasteiger partial charge in [0.2, 0.25) is 0 Å². The quantitative estimate of drug-likeness (QED) is 0.789. The van der Waals surface area contributed by atoms with Gasteiger partial charge in [-0.3, -0.25) is 0 Å². The van der Waals surface area contributed by atoms with Gasteiger partial charge in [0.25, 0.3) is 11.1 Å². The van der Waals surface area contributed by atoms with Crippen molar-refractivity contribution in [3.63, 3.8) is 0 Å². The second kappa shape index (κ2) is 5.86. The van der Waals surface area contributed by atoms with Crippen LogP contribution in [0.3, 0.4) is 0 Å². The van der Waals surface area contributed by atoms with Crippen LogP contribution < -0.4 is 0 Å². The Morgan fingerprint density at radius 1 is 1.44 bits per heavy atom. The van der Waals surface area contributed by atoms with Gasteiger partial charge < -0.3 is 9.32 Å². The molecule has 0 unspecified atom stereocenters. The summed E-state index contributed by atoms with van der Waals surface area (Å²) < 4.78 is 5.67. The smallest absolute Gasteiger partial charge is 0.276 e. The number of nitrogens with zero attached hydrogens (tertiary/aromatic N) is 3. The van der Waals surface area contributed by atoms with E-state index in [2.05, 4.69) is 49.1 Å². The predicted molar refractivity (Wildman–Crippen MR) is 76.2 cm³/mol. The van der Waals surface area contributed by atoms with Crippen LogP contribution in [0, 0.1) is 6.92 Å². The Hall–Kier alpha value is -0.850. The molecule has 6 heteroatoms. The fourth-order valence-electron chi connectivity index (χ4n) is 1.29. The summed E-state index contributed by atoms with van der Waals surface area (Å²) in [5.74, 6) is 1.57. The van der Waals surface area contributed by atoms with E-state index in [1.54, 1.807) is 23.1 Å². The third kappa shape index (κ3) is 3.13. The summed E-state index contributed by atoms with van der Waals surface area (Å²) in [6.45, 7) is 4.23. The van der Waals surface area contributed by atoms with Crippen LogP contribution in [0.15, 0.2) is 21.1 Å². The third-order valence-corrected chi connectivity index (χ3v) is 4.86. The first-order valence-corrected chi connectivity index (χ1v) is 7.61. The summed E-state index contributed by atoms with van der Waals surface area (Å²) in [5, 5.41) is 10.9. The van der Waals surface area contributed by atoms with Gasteiger partial charge in [0, 0.05) is 11.8 Å². The minimum atomic E-state index is 0.480. The highest BCUT2D eigenvalue weighted by Crippen LogP contribution is 2.30. The first-order chi connectivity index (χ1) is 8.58. The van der Waals surface area contributed by atoms with E-state index in [0.29, 0.717) is 17.2 Å². The molecule has 0 spiro atoms. The number of aryl methyl sites for hydroxylation is 1. The van der Waals surface area contributed by atoms with Gasteiger partial charge in [0.1, 0.15) is 0 Å². The van der Waals surface area contributed by atoms with E-state index in [9.17, 15) is 0 Å². The summed E-state index contributed by atoms with van der Waals surface area (Å²) in [7, 11) is 4.14. The van der Waals surface area contributed by atoms with Crippen molar-refractivity contribution in [2.24, 2.45) is 0 Å². The van der Waals surface area contributed by atoms with Gasteiger partial charge in [-0.2, -0.15) is 0 Å². The minimum absolute atomic E-state index is 0.480. The van der Waals surface area contributed by atoms with E-state index in [0.717, 1.165) is 10.6 Å². The van der Waals surface area contributed by atoms with Gasteiger partial charge in [0.05, 0.1) is 4.88 Å². The number of thioether (sulfide) groups is 1. The zero-order chi connectivity index (χ0) is 13.1. The third-order valence-electron chi connectivity index (χ3n) is 2.79. The van der Waals surface area contributed by atoms with Crippen LogP contribution in [-0.4, -0.2) is 41.0 Å². The maximum absolute atomic E-state index is 5.67. The fourth-order valence-corrected chi connectivity index (χ4v) is 3.06. The van der Waals surface area contributed by atoms with Gasteiger partial charge >= 0.3 is 0 Å². The lowest BCUT2D eigenvalue weighted by Gasteiger charge is -2.17. The van der Waals surface area contributed by atoms with Crippen LogP contribution >= 0.6 is 23.1 Å². The molecule has 0 radical (unpaired) electrons. The number of aromatic nitrogens is 2. The summed E-state index contributed by atoms with van der Waals surface area (Å²) >= 11 is 3.24. The lowest BCUT2D eigenvalue weighted by Crippen LogP contribution is -2.26.